The summed E-state index contributed by atoms with van der Waals surface area (Å²) in [5.41, 5.74) is 0. The van der Waals surface area contributed by atoms with E-state index in [0.717, 1.165) is 11.4 Å². The highest BCUT2D eigenvalue weighted by atomic mass is 32.2. The molecule has 0 aliphatic heterocycles. The number of thioether (sulfide) groups is 1. The number of nitrogens with zero attached hydrogens (tertiary/aromatic N) is 2. The van der Waals surface area contributed by atoms with Gasteiger partial charge in [0.25, 0.3) is 0 Å². The van der Waals surface area contributed by atoms with Crippen molar-refractivity contribution in [2.24, 2.45) is 0 Å². The molecule has 0 aliphatic carbocycles. The Hall–Kier alpha value is -0.900. The van der Waals surface area contributed by atoms with Crippen LogP contribution in [0.15, 0.2) is 23.6 Å². The summed E-state index contributed by atoms with van der Waals surface area (Å²) in [5.74, 6) is 0.783. The van der Waals surface area contributed by atoms with Gasteiger partial charge in [-0.05, 0) is 6.42 Å². The smallest absolute Gasteiger partial charge is 0.143 e. The van der Waals surface area contributed by atoms with Gasteiger partial charge in [-0.2, -0.15) is 0 Å². The molecule has 0 fully saturated rings. The van der Waals surface area contributed by atoms with Gasteiger partial charge in [0.15, 0.2) is 0 Å². The van der Waals surface area contributed by atoms with Crippen molar-refractivity contribution < 1.29 is 4.79 Å². The highest BCUT2D eigenvalue weighted by Crippen LogP contribution is 2.13. The zero-order chi connectivity index (χ0) is 9.52. The van der Waals surface area contributed by atoms with Crippen molar-refractivity contribution in [2.75, 3.05) is 5.75 Å². The SMILES string of the molecule is CCCC(=O)CSc1cnccn1. The maximum absolute atomic E-state index is 11.1. The maximum Gasteiger partial charge on any atom is 0.143 e. The van der Waals surface area contributed by atoms with Crippen LogP contribution in [0.25, 0.3) is 0 Å². The average molecular weight is 196 g/mol. The molecule has 0 amide bonds. The van der Waals surface area contributed by atoms with E-state index in [1.165, 1.54) is 11.8 Å². The number of hydrogen-bond acceptors (Lipinski definition) is 4. The summed E-state index contributed by atoms with van der Waals surface area (Å²) in [6, 6.07) is 0. The van der Waals surface area contributed by atoms with Gasteiger partial charge in [0, 0.05) is 18.8 Å². The van der Waals surface area contributed by atoms with Crippen molar-refractivity contribution in [3.05, 3.63) is 18.6 Å². The molecule has 0 atom stereocenters. The minimum Gasteiger partial charge on any atom is -0.299 e. The number of carbonyl (C=O) groups is 1. The Balaban J connectivity index is 2.31. The molecule has 0 bridgehead atoms. The first kappa shape index (κ1) is 10.2. The van der Waals surface area contributed by atoms with E-state index in [-0.39, 0.29) is 5.78 Å². The number of aromatic nitrogens is 2. The summed E-state index contributed by atoms with van der Waals surface area (Å²) in [5, 5.41) is 0.812. The largest absolute Gasteiger partial charge is 0.299 e. The number of Topliss-reactive ketones (excluding diaryl/α,β-unsaturated/α-hetero) is 1. The normalized spacial score (nSPS) is 9.92. The minimum absolute atomic E-state index is 0.276. The zero-order valence-corrected chi connectivity index (χ0v) is 8.38. The highest BCUT2D eigenvalue weighted by molar-refractivity contribution is 7.99. The molecule has 0 radical (unpaired) electrons. The molecule has 1 heterocycles. The van der Waals surface area contributed by atoms with Crippen molar-refractivity contribution in [3.8, 4) is 0 Å². The second-order valence-corrected chi connectivity index (χ2v) is 3.62. The molecule has 1 rings (SSSR count). The quantitative estimate of drug-likeness (QED) is 0.675. The molecule has 0 aliphatic rings. The van der Waals surface area contributed by atoms with Crippen LogP contribution in [0.5, 0.6) is 0 Å². The first-order valence-electron chi connectivity index (χ1n) is 4.23. The first-order chi connectivity index (χ1) is 6.33. The predicted octanol–water partition coefficient (Wildman–Crippen LogP) is 1.94. The fraction of sp³-hybridized carbons (Fsp3) is 0.444. The lowest BCUT2D eigenvalue weighted by Crippen LogP contribution is -2.00. The number of ketones is 1. The van der Waals surface area contributed by atoms with Crippen molar-refractivity contribution in [3.63, 3.8) is 0 Å². The topological polar surface area (TPSA) is 42.9 Å². The number of hydrogen-bond donors (Lipinski definition) is 0. The van der Waals surface area contributed by atoms with Gasteiger partial charge in [0.1, 0.15) is 10.8 Å². The van der Waals surface area contributed by atoms with Crippen LogP contribution in [0, 0.1) is 0 Å². The van der Waals surface area contributed by atoms with Crippen LogP contribution in [0.4, 0.5) is 0 Å². The van der Waals surface area contributed by atoms with E-state index in [2.05, 4.69) is 9.97 Å². The second kappa shape index (κ2) is 5.70. The zero-order valence-electron chi connectivity index (χ0n) is 7.56. The molecule has 0 N–H and O–H groups in total. The van der Waals surface area contributed by atoms with E-state index in [1.807, 2.05) is 6.92 Å². The molecular formula is C9H12N2OS. The number of carbonyl (C=O) groups excluding carboxylic acids is 1. The Morgan fingerprint density at radius 2 is 2.38 bits per heavy atom. The van der Waals surface area contributed by atoms with Crippen molar-refractivity contribution in [2.45, 2.75) is 24.8 Å². The summed E-state index contributed by atoms with van der Waals surface area (Å²) < 4.78 is 0. The minimum atomic E-state index is 0.276. The fourth-order valence-corrected chi connectivity index (χ4v) is 1.59. The summed E-state index contributed by atoms with van der Waals surface area (Å²) in [4.78, 5) is 19.1. The average Bonchev–Trinajstić information content (AvgIpc) is 2.17. The van der Waals surface area contributed by atoms with Gasteiger partial charge in [0.2, 0.25) is 0 Å². The molecular weight excluding hydrogens is 184 g/mol. The Morgan fingerprint density at radius 1 is 1.54 bits per heavy atom. The standard InChI is InChI=1S/C9H12N2OS/c1-2-3-8(12)7-13-9-6-10-4-5-11-9/h4-6H,2-3,7H2,1H3. The van der Waals surface area contributed by atoms with Crippen LogP contribution in [-0.2, 0) is 4.79 Å². The van der Waals surface area contributed by atoms with Gasteiger partial charge in [-0.3, -0.25) is 9.78 Å². The van der Waals surface area contributed by atoms with Crippen LogP contribution in [0.1, 0.15) is 19.8 Å². The van der Waals surface area contributed by atoms with E-state index in [1.54, 1.807) is 18.6 Å². The lowest BCUT2D eigenvalue weighted by atomic mass is 10.3. The molecule has 13 heavy (non-hydrogen) atoms. The Bertz CT molecular complexity index is 264. The second-order valence-electron chi connectivity index (χ2n) is 2.62. The molecule has 0 spiro atoms. The molecule has 0 saturated heterocycles. The lowest BCUT2D eigenvalue weighted by molar-refractivity contribution is -0.116. The number of rotatable bonds is 5. The highest BCUT2D eigenvalue weighted by Gasteiger charge is 2.01. The predicted molar refractivity (Wildman–Crippen MR) is 52.7 cm³/mol. The van der Waals surface area contributed by atoms with Gasteiger partial charge >= 0.3 is 0 Å². The third kappa shape index (κ3) is 4.03. The van der Waals surface area contributed by atoms with Crippen LogP contribution in [-0.4, -0.2) is 21.5 Å². The van der Waals surface area contributed by atoms with Gasteiger partial charge < -0.3 is 0 Å². The molecule has 1 aromatic rings. The van der Waals surface area contributed by atoms with Crippen molar-refractivity contribution in [1.29, 1.82) is 0 Å². The van der Waals surface area contributed by atoms with E-state index in [4.69, 9.17) is 0 Å². The lowest BCUT2D eigenvalue weighted by Gasteiger charge is -1.97. The molecule has 1 aromatic heterocycles. The Morgan fingerprint density at radius 3 is 3.00 bits per heavy atom. The van der Waals surface area contributed by atoms with E-state index in [9.17, 15) is 4.79 Å². The maximum atomic E-state index is 11.1. The molecule has 4 heteroatoms. The summed E-state index contributed by atoms with van der Waals surface area (Å²) in [7, 11) is 0. The van der Waals surface area contributed by atoms with Gasteiger partial charge in [-0.25, -0.2) is 4.98 Å². The van der Waals surface area contributed by atoms with Crippen molar-refractivity contribution >= 4 is 17.5 Å². The monoisotopic (exact) mass is 196 g/mol. The molecule has 70 valence electrons. The van der Waals surface area contributed by atoms with Crippen LogP contribution >= 0.6 is 11.8 Å². The van der Waals surface area contributed by atoms with Crippen LogP contribution in [0.2, 0.25) is 0 Å². The first-order valence-corrected chi connectivity index (χ1v) is 5.22. The Kier molecular flexibility index (Phi) is 4.46. The van der Waals surface area contributed by atoms with Gasteiger partial charge in [-0.15, -0.1) is 0 Å². The molecule has 0 aromatic carbocycles. The van der Waals surface area contributed by atoms with Gasteiger partial charge in [0.05, 0.1) is 11.9 Å². The van der Waals surface area contributed by atoms with E-state index >= 15 is 0 Å². The van der Waals surface area contributed by atoms with Crippen molar-refractivity contribution in [1.82, 2.24) is 9.97 Å². The molecule has 3 nitrogen and oxygen atoms in total. The molecule has 0 saturated carbocycles. The van der Waals surface area contributed by atoms with Crippen LogP contribution < -0.4 is 0 Å². The Labute approximate surface area is 82.0 Å². The fourth-order valence-electron chi connectivity index (χ4n) is 0.865. The van der Waals surface area contributed by atoms with E-state index in [0.29, 0.717) is 12.2 Å². The molecule has 0 unspecified atom stereocenters. The third-order valence-corrected chi connectivity index (χ3v) is 2.42. The summed E-state index contributed by atoms with van der Waals surface area (Å²) >= 11 is 1.45. The van der Waals surface area contributed by atoms with Crippen LogP contribution in [0.3, 0.4) is 0 Å². The van der Waals surface area contributed by atoms with Gasteiger partial charge in [-0.1, -0.05) is 18.7 Å². The van der Waals surface area contributed by atoms with E-state index < -0.39 is 0 Å². The summed E-state index contributed by atoms with van der Waals surface area (Å²) in [6.07, 6.45) is 6.50. The summed E-state index contributed by atoms with van der Waals surface area (Å²) in [6.45, 7) is 2.00. The third-order valence-electron chi connectivity index (χ3n) is 1.45.